The Balaban J connectivity index is 2.64. The fourth-order valence-corrected chi connectivity index (χ4v) is 3.03. The molecule has 2 rings (SSSR count). The first-order valence-electron chi connectivity index (χ1n) is 4.81. The number of ether oxygens (including phenoxy) is 2. The Bertz CT molecular complexity index is 510. The second-order valence-corrected chi connectivity index (χ2v) is 5.53. The molecule has 0 bridgehead atoms. The number of hydrogen-bond donors (Lipinski definition) is 1. The standard InChI is InChI=1S/C10H13NO4S/c1-14-8-5-7-10(6-9(8)15-2)16(12,13)4-3-11-7/h5-6,11H,3-4H2,1-2H3. The van der Waals surface area contributed by atoms with Gasteiger partial charge in [0.05, 0.1) is 30.6 Å². The SMILES string of the molecule is COc1cc2c(cc1OC)S(=O)(=O)CCN2. The molecule has 0 atom stereocenters. The Morgan fingerprint density at radius 1 is 1.19 bits per heavy atom. The lowest BCUT2D eigenvalue weighted by atomic mass is 10.2. The number of benzene rings is 1. The molecule has 1 aliphatic rings. The molecule has 6 heteroatoms. The highest BCUT2D eigenvalue weighted by Gasteiger charge is 2.25. The molecule has 1 N–H and O–H groups in total. The van der Waals surface area contributed by atoms with E-state index in [9.17, 15) is 8.42 Å². The molecule has 0 unspecified atom stereocenters. The van der Waals surface area contributed by atoms with E-state index in [-0.39, 0.29) is 10.6 Å². The van der Waals surface area contributed by atoms with Gasteiger partial charge in [0.15, 0.2) is 21.3 Å². The van der Waals surface area contributed by atoms with Crippen molar-refractivity contribution in [3.05, 3.63) is 12.1 Å². The molecular weight excluding hydrogens is 230 g/mol. The number of rotatable bonds is 2. The number of fused-ring (bicyclic) bond motifs is 1. The molecule has 5 nitrogen and oxygen atoms in total. The normalized spacial score (nSPS) is 17.1. The molecule has 0 aliphatic carbocycles. The van der Waals surface area contributed by atoms with Crippen molar-refractivity contribution in [3.63, 3.8) is 0 Å². The Labute approximate surface area is 94.3 Å². The molecule has 0 saturated heterocycles. The predicted molar refractivity (Wildman–Crippen MR) is 60.1 cm³/mol. The van der Waals surface area contributed by atoms with Crippen molar-refractivity contribution in [2.75, 3.05) is 31.8 Å². The summed E-state index contributed by atoms with van der Waals surface area (Å²) >= 11 is 0. The van der Waals surface area contributed by atoms with Crippen molar-refractivity contribution in [2.24, 2.45) is 0 Å². The van der Waals surface area contributed by atoms with Crippen LogP contribution in [0.15, 0.2) is 17.0 Å². The van der Waals surface area contributed by atoms with Crippen LogP contribution < -0.4 is 14.8 Å². The zero-order chi connectivity index (χ0) is 11.8. The van der Waals surface area contributed by atoms with Crippen LogP contribution >= 0.6 is 0 Å². The second-order valence-electron chi connectivity index (χ2n) is 3.45. The first-order valence-corrected chi connectivity index (χ1v) is 6.46. The summed E-state index contributed by atoms with van der Waals surface area (Å²) in [6.07, 6.45) is 0. The van der Waals surface area contributed by atoms with Gasteiger partial charge in [-0.05, 0) is 0 Å². The van der Waals surface area contributed by atoms with Crippen LogP contribution in [0.2, 0.25) is 0 Å². The number of hydrogen-bond acceptors (Lipinski definition) is 5. The van der Waals surface area contributed by atoms with Gasteiger partial charge in [-0.1, -0.05) is 0 Å². The molecule has 0 spiro atoms. The lowest BCUT2D eigenvalue weighted by Gasteiger charge is -2.20. The third kappa shape index (κ3) is 1.69. The van der Waals surface area contributed by atoms with Crippen molar-refractivity contribution in [3.8, 4) is 11.5 Å². The van der Waals surface area contributed by atoms with Crippen LogP contribution in [0.3, 0.4) is 0 Å². The van der Waals surface area contributed by atoms with Crippen LogP contribution in [0.1, 0.15) is 0 Å². The molecule has 1 aliphatic heterocycles. The van der Waals surface area contributed by atoms with Gasteiger partial charge in [0.2, 0.25) is 0 Å². The average Bonchev–Trinajstić information content (AvgIpc) is 2.27. The molecule has 0 fully saturated rings. The summed E-state index contributed by atoms with van der Waals surface area (Å²) in [5.74, 6) is 1.05. The van der Waals surface area contributed by atoms with E-state index < -0.39 is 9.84 Å². The lowest BCUT2D eigenvalue weighted by molar-refractivity contribution is 0.354. The Morgan fingerprint density at radius 3 is 2.44 bits per heavy atom. The molecule has 88 valence electrons. The van der Waals surface area contributed by atoms with Gasteiger partial charge in [-0.15, -0.1) is 0 Å². The van der Waals surface area contributed by atoms with Crippen LogP contribution in [0.5, 0.6) is 11.5 Å². The van der Waals surface area contributed by atoms with Crippen LogP contribution in [0.25, 0.3) is 0 Å². The maximum atomic E-state index is 11.8. The third-order valence-electron chi connectivity index (χ3n) is 2.51. The summed E-state index contributed by atoms with van der Waals surface area (Å²) in [6, 6.07) is 3.14. The van der Waals surface area contributed by atoms with Gasteiger partial charge < -0.3 is 14.8 Å². The highest BCUT2D eigenvalue weighted by molar-refractivity contribution is 7.91. The minimum absolute atomic E-state index is 0.107. The fraction of sp³-hybridized carbons (Fsp3) is 0.400. The van der Waals surface area contributed by atoms with Crippen LogP contribution in [-0.2, 0) is 9.84 Å². The summed E-state index contributed by atoms with van der Waals surface area (Å²) in [5, 5.41) is 3.03. The Kier molecular flexibility index (Phi) is 2.67. The van der Waals surface area contributed by atoms with Gasteiger partial charge >= 0.3 is 0 Å². The van der Waals surface area contributed by atoms with Gasteiger partial charge in [0.1, 0.15) is 0 Å². The fourth-order valence-electron chi connectivity index (χ4n) is 1.69. The zero-order valence-corrected chi connectivity index (χ0v) is 9.93. The molecule has 0 aromatic heterocycles. The molecule has 16 heavy (non-hydrogen) atoms. The van der Waals surface area contributed by atoms with Gasteiger partial charge in [-0.3, -0.25) is 0 Å². The topological polar surface area (TPSA) is 64.6 Å². The molecule has 1 aromatic rings. The van der Waals surface area contributed by atoms with E-state index >= 15 is 0 Å². The average molecular weight is 243 g/mol. The van der Waals surface area contributed by atoms with Gasteiger partial charge in [-0.25, -0.2) is 8.42 Å². The smallest absolute Gasteiger partial charge is 0.182 e. The highest BCUT2D eigenvalue weighted by atomic mass is 32.2. The number of anilines is 1. The van der Waals surface area contributed by atoms with Gasteiger partial charge in [0.25, 0.3) is 0 Å². The summed E-state index contributed by atoms with van der Waals surface area (Å²) in [7, 11) is -0.203. The minimum atomic E-state index is -3.20. The maximum absolute atomic E-state index is 11.8. The summed E-state index contributed by atoms with van der Waals surface area (Å²) in [5.41, 5.74) is 0.573. The zero-order valence-electron chi connectivity index (χ0n) is 9.11. The summed E-state index contributed by atoms with van der Waals surface area (Å²) in [6.45, 7) is 0.421. The first-order chi connectivity index (χ1) is 7.58. The van der Waals surface area contributed by atoms with Gasteiger partial charge in [0, 0.05) is 18.7 Å². The summed E-state index contributed by atoms with van der Waals surface area (Å²) in [4.78, 5) is 0.274. The molecule has 1 heterocycles. The van der Waals surface area contributed by atoms with Crippen molar-refractivity contribution >= 4 is 15.5 Å². The van der Waals surface area contributed by atoms with E-state index in [2.05, 4.69) is 5.32 Å². The van der Waals surface area contributed by atoms with Crippen LogP contribution in [0.4, 0.5) is 5.69 Å². The number of sulfone groups is 1. The third-order valence-corrected chi connectivity index (χ3v) is 4.26. The second kappa shape index (κ2) is 3.86. The quantitative estimate of drug-likeness (QED) is 0.836. The van der Waals surface area contributed by atoms with E-state index in [4.69, 9.17) is 9.47 Å². The Morgan fingerprint density at radius 2 is 1.81 bits per heavy atom. The minimum Gasteiger partial charge on any atom is -0.493 e. The first kappa shape index (κ1) is 11.1. The van der Waals surface area contributed by atoms with Crippen molar-refractivity contribution in [2.45, 2.75) is 4.90 Å². The molecule has 0 amide bonds. The van der Waals surface area contributed by atoms with Crippen molar-refractivity contribution in [1.82, 2.24) is 0 Å². The molecule has 1 aromatic carbocycles. The maximum Gasteiger partial charge on any atom is 0.182 e. The molecule has 0 radical (unpaired) electrons. The largest absolute Gasteiger partial charge is 0.493 e. The van der Waals surface area contributed by atoms with E-state index in [1.807, 2.05) is 0 Å². The van der Waals surface area contributed by atoms with E-state index in [0.717, 1.165) is 0 Å². The highest BCUT2D eigenvalue weighted by Crippen LogP contribution is 2.37. The Hall–Kier alpha value is -1.43. The number of methoxy groups -OCH3 is 2. The molecular formula is C10H13NO4S. The summed E-state index contributed by atoms with van der Waals surface area (Å²) < 4.78 is 33.8. The van der Waals surface area contributed by atoms with E-state index in [1.165, 1.54) is 20.3 Å². The monoisotopic (exact) mass is 243 g/mol. The van der Waals surface area contributed by atoms with E-state index in [0.29, 0.717) is 23.7 Å². The molecule has 0 saturated carbocycles. The van der Waals surface area contributed by atoms with Crippen LogP contribution in [0, 0.1) is 0 Å². The van der Waals surface area contributed by atoms with Crippen molar-refractivity contribution in [1.29, 1.82) is 0 Å². The van der Waals surface area contributed by atoms with Crippen LogP contribution in [-0.4, -0.2) is 34.9 Å². The lowest BCUT2D eigenvalue weighted by Crippen LogP contribution is -2.23. The van der Waals surface area contributed by atoms with Gasteiger partial charge in [-0.2, -0.15) is 0 Å². The van der Waals surface area contributed by atoms with Crippen molar-refractivity contribution < 1.29 is 17.9 Å². The number of nitrogens with one attached hydrogen (secondary N) is 1. The predicted octanol–water partition coefficient (Wildman–Crippen LogP) is 0.903. The van der Waals surface area contributed by atoms with E-state index in [1.54, 1.807) is 6.07 Å².